The van der Waals surface area contributed by atoms with Crippen LogP contribution < -0.4 is 11.1 Å². The van der Waals surface area contributed by atoms with Crippen molar-refractivity contribution in [1.82, 2.24) is 14.9 Å². The zero-order valence-electron chi connectivity index (χ0n) is 9.74. The van der Waals surface area contributed by atoms with Crippen LogP contribution in [0, 0.1) is 0 Å². The summed E-state index contributed by atoms with van der Waals surface area (Å²) in [6, 6.07) is 0.235. The summed E-state index contributed by atoms with van der Waals surface area (Å²) in [4.78, 5) is 4.19. The number of nitrogens with two attached hydrogens (primary N) is 1. The minimum absolute atomic E-state index is 0.235. The highest BCUT2D eigenvalue weighted by atomic mass is 15.1. The van der Waals surface area contributed by atoms with Crippen molar-refractivity contribution in [3.05, 3.63) is 18.2 Å². The molecule has 3 N–H and O–H groups in total. The molecule has 1 rings (SSSR count). The van der Waals surface area contributed by atoms with Crippen LogP contribution in [0.2, 0.25) is 0 Å². The standard InChI is InChI=1S/C11H22N4/c1-3-5-14-10(7-12)11-8-13-9-15(11)6-4-2/h8-10,14H,3-7,12H2,1-2H3. The van der Waals surface area contributed by atoms with E-state index in [9.17, 15) is 0 Å². The maximum atomic E-state index is 5.77. The fraction of sp³-hybridized carbons (Fsp3) is 0.727. The van der Waals surface area contributed by atoms with E-state index >= 15 is 0 Å². The molecule has 1 heterocycles. The molecule has 0 amide bonds. The van der Waals surface area contributed by atoms with Crippen molar-refractivity contribution in [3.8, 4) is 0 Å². The van der Waals surface area contributed by atoms with Gasteiger partial charge in [-0.25, -0.2) is 4.98 Å². The Labute approximate surface area is 91.9 Å². The molecule has 1 unspecified atom stereocenters. The zero-order chi connectivity index (χ0) is 11.1. The van der Waals surface area contributed by atoms with Crippen LogP contribution in [0.15, 0.2) is 12.5 Å². The van der Waals surface area contributed by atoms with Crippen molar-refractivity contribution in [2.24, 2.45) is 5.73 Å². The second kappa shape index (κ2) is 6.58. The average molecular weight is 210 g/mol. The van der Waals surface area contributed by atoms with Crippen LogP contribution in [-0.4, -0.2) is 22.6 Å². The van der Waals surface area contributed by atoms with Crippen molar-refractivity contribution >= 4 is 0 Å². The Kier molecular flexibility index (Phi) is 5.36. The first-order valence-corrected chi connectivity index (χ1v) is 5.76. The number of nitrogens with one attached hydrogen (secondary N) is 1. The van der Waals surface area contributed by atoms with Gasteiger partial charge in [0.1, 0.15) is 0 Å². The summed E-state index contributed by atoms with van der Waals surface area (Å²) in [6.45, 7) is 6.96. The van der Waals surface area contributed by atoms with Crippen molar-refractivity contribution in [3.63, 3.8) is 0 Å². The molecule has 0 aliphatic rings. The van der Waals surface area contributed by atoms with Crippen LogP contribution in [0.3, 0.4) is 0 Å². The number of aromatic nitrogens is 2. The van der Waals surface area contributed by atoms with Gasteiger partial charge in [0.05, 0.1) is 18.1 Å². The van der Waals surface area contributed by atoms with Gasteiger partial charge < -0.3 is 15.6 Å². The lowest BCUT2D eigenvalue weighted by Gasteiger charge is -2.18. The summed E-state index contributed by atoms with van der Waals surface area (Å²) in [5.41, 5.74) is 6.97. The molecule has 0 aliphatic carbocycles. The summed E-state index contributed by atoms with van der Waals surface area (Å²) >= 11 is 0. The lowest BCUT2D eigenvalue weighted by Crippen LogP contribution is -2.30. The van der Waals surface area contributed by atoms with E-state index in [1.54, 1.807) is 0 Å². The summed E-state index contributed by atoms with van der Waals surface area (Å²) in [5.74, 6) is 0. The first-order valence-electron chi connectivity index (χ1n) is 5.76. The Bertz CT molecular complexity index is 269. The van der Waals surface area contributed by atoms with Crippen molar-refractivity contribution in [2.75, 3.05) is 13.1 Å². The monoisotopic (exact) mass is 210 g/mol. The minimum Gasteiger partial charge on any atom is -0.333 e. The molecule has 86 valence electrons. The second-order valence-corrected chi connectivity index (χ2v) is 3.75. The number of hydrogen-bond donors (Lipinski definition) is 2. The third-order valence-corrected chi connectivity index (χ3v) is 2.44. The van der Waals surface area contributed by atoms with E-state index in [4.69, 9.17) is 5.73 Å². The second-order valence-electron chi connectivity index (χ2n) is 3.75. The highest BCUT2D eigenvalue weighted by Gasteiger charge is 2.12. The zero-order valence-corrected chi connectivity index (χ0v) is 9.74. The Balaban J connectivity index is 2.67. The summed E-state index contributed by atoms with van der Waals surface area (Å²) in [6.07, 6.45) is 6.04. The third-order valence-electron chi connectivity index (χ3n) is 2.44. The van der Waals surface area contributed by atoms with E-state index in [1.165, 1.54) is 5.69 Å². The predicted octanol–water partition coefficient (Wildman–Crippen LogP) is 1.29. The quantitative estimate of drug-likeness (QED) is 0.713. The van der Waals surface area contributed by atoms with Crippen molar-refractivity contribution in [2.45, 2.75) is 39.3 Å². The molecule has 0 spiro atoms. The molecule has 4 nitrogen and oxygen atoms in total. The molecule has 0 aliphatic heterocycles. The van der Waals surface area contributed by atoms with Crippen LogP contribution in [0.1, 0.15) is 38.4 Å². The van der Waals surface area contributed by atoms with E-state index in [-0.39, 0.29) is 6.04 Å². The number of hydrogen-bond acceptors (Lipinski definition) is 3. The fourth-order valence-corrected chi connectivity index (χ4v) is 1.68. The van der Waals surface area contributed by atoms with Gasteiger partial charge >= 0.3 is 0 Å². The number of aryl methyl sites for hydroxylation is 1. The van der Waals surface area contributed by atoms with Gasteiger partial charge in [-0.1, -0.05) is 13.8 Å². The van der Waals surface area contributed by atoms with Gasteiger partial charge in [-0.15, -0.1) is 0 Å². The van der Waals surface area contributed by atoms with Gasteiger partial charge in [-0.2, -0.15) is 0 Å². The van der Waals surface area contributed by atoms with E-state index in [0.29, 0.717) is 6.54 Å². The Morgan fingerprint density at radius 3 is 2.87 bits per heavy atom. The molecular weight excluding hydrogens is 188 g/mol. The van der Waals surface area contributed by atoms with Crippen molar-refractivity contribution < 1.29 is 0 Å². The Hall–Kier alpha value is -0.870. The Morgan fingerprint density at radius 2 is 2.27 bits per heavy atom. The maximum absolute atomic E-state index is 5.77. The van der Waals surface area contributed by atoms with Gasteiger partial charge in [0.15, 0.2) is 0 Å². The molecule has 0 radical (unpaired) electrons. The first kappa shape index (κ1) is 12.2. The smallest absolute Gasteiger partial charge is 0.0948 e. The highest BCUT2D eigenvalue weighted by Crippen LogP contribution is 2.11. The van der Waals surface area contributed by atoms with Gasteiger partial charge in [0.25, 0.3) is 0 Å². The lowest BCUT2D eigenvalue weighted by atomic mass is 10.2. The molecule has 1 atom stereocenters. The molecular formula is C11H22N4. The number of nitrogens with zero attached hydrogens (tertiary/aromatic N) is 2. The summed E-state index contributed by atoms with van der Waals surface area (Å²) in [5, 5.41) is 3.43. The van der Waals surface area contributed by atoms with Gasteiger partial charge in [0.2, 0.25) is 0 Å². The fourth-order valence-electron chi connectivity index (χ4n) is 1.68. The SMILES string of the molecule is CCCNC(CN)c1cncn1CCC. The van der Waals surface area contributed by atoms with E-state index < -0.39 is 0 Å². The topological polar surface area (TPSA) is 55.9 Å². The molecule has 0 saturated heterocycles. The van der Waals surface area contributed by atoms with Gasteiger partial charge in [-0.3, -0.25) is 0 Å². The normalized spacial score (nSPS) is 13.0. The lowest BCUT2D eigenvalue weighted by molar-refractivity contribution is 0.498. The van der Waals surface area contributed by atoms with Crippen LogP contribution in [0.4, 0.5) is 0 Å². The molecule has 0 bridgehead atoms. The van der Waals surface area contributed by atoms with E-state index in [0.717, 1.165) is 25.9 Å². The van der Waals surface area contributed by atoms with Crippen LogP contribution in [0.5, 0.6) is 0 Å². The van der Waals surface area contributed by atoms with Crippen LogP contribution in [-0.2, 0) is 6.54 Å². The third kappa shape index (κ3) is 3.32. The van der Waals surface area contributed by atoms with E-state index in [1.807, 2.05) is 12.5 Å². The van der Waals surface area contributed by atoms with Crippen LogP contribution in [0.25, 0.3) is 0 Å². The van der Waals surface area contributed by atoms with Crippen LogP contribution >= 0.6 is 0 Å². The number of rotatable bonds is 7. The minimum atomic E-state index is 0.235. The average Bonchev–Trinajstić information content (AvgIpc) is 2.68. The summed E-state index contributed by atoms with van der Waals surface area (Å²) < 4.78 is 2.18. The molecule has 0 fully saturated rings. The van der Waals surface area contributed by atoms with E-state index in [2.05, 4.69) is 28.7 Å². The first-order chi connectivity index (χ1) is 7.33. The predicted molar refractivity (Wildman–Crippen MR) is 62.6 cm³/mol. The number of imidazole rings is 1. The molecule has 1 aromatic rings. The Morgan fingerprint density at radius 1 is 1.47 bits per heavy atom. The molecule has 0 saturated carbocycles. The highest BCUT2D eigenvalue weighted by molar-refractivity contribution is 5.06. The maximum Gasteiger partial charge on any atom is 0.0948 e. The summed E-state index contributed by atoms with van der Waals surface area (Å²) in [7, 11) is 0. The molecule has 4 heteroatoms. The van der Waals surface area contributed by atoms with Crippen molar-refractivity contribution in [1.29, 1.82) is 0 Å². The molecule has 0 aromatic carbocycles. The van der Waals surface area contributed by atoms with Gasteiger partial charge in [-0.05, 0) is 19.4 Å². The van der Waals surface area contributed by atoms with Gasteiger partial charge in [0, 0.05) is 19.3 Å². The molecule has 15 heavy (non-hydrogen) atoms. The largest absolute Gasteiger partial charge is 0.333 e. The molecule has 1 aromatic heterocycles.